The Morgan fingerprint density at radius 1 is 1.32 bits per heavy atom. The molecule has 0 amide bonds. The number of thiophene rings is 1. The first-order valence-electron chi connectivity index (χ1n) is 7.68. The van der Waals surface area contributed by atoms with Crippen molar-refractivity contribution in [1.29, 1.82) is 0 Å². The minimum Gasteiger partial charge on any atom is -0.454 e. The molecule has 5 nitrogen and oxygen atoms in total. The van der Waals surface area contributed by atoms with Gasteiger partial charge in [0.05, 0.1) is 10.9 Å². The van der Waals surface area contributed by atoms with Crippen molar-refractivity contribution in [2.75, 3.05) is 0 Å². The molecule has 0 unspecified atom stereocenters. The highest BCUT2D eigenvalue weighted by Gasteiger charge is 2.21. The van der Waals surface area contributed by atoms with E-state index in [1.54, 1.807) is 0 Å². The maximum Gasteiger partial charge on any atom is 0.341 e. The molecule has 0 fully saturated rings. The number of rotatable bonds is 3. The first kappa shape index (κ1) is 15.9. The molecule has 0 aliphatic heterocycles. The van der Waals surface area contributed by atoms with Gasteiger partial charge in [-0.3, -0.25) is 4.79 Å². The molecule has 1 aromatic carbocycles. The number of halogens is 2. The van der Waals surface area contributed by atoms with Gasteiger partial charge in [0.25, 0.3) is 5.56 Å². The van der Waals surface area contributed by atoms with E-state index < -0.39 is 17.6 Å². The topological polar surface area (TPSA) is 72.0 Å². The molecule has 3 aromatic rings. The van der Waals surface area contributed by atoms with Crippen LogP contribution in [0.25, 0.3) is 10.2 Å². The summed E-state index contributed by atoms with van der Waals surface area (Å²) >= 11 is 1.48. The number of H-pyrrole nitrogens is 1. The van der Waals surface area contributed by atoms with Gasteiger partial charge in [-0.25, -0.2) is 18.6 Å². The van der Waals surface area contributed by atoms with Crippen LogP contribution < -0.4 is 5.56 Å². The molecule has 2 heterocycles. The van der Waals surface area contributed by atoms with Gasteiger partial charge in [0.15, 0.2) is 0 Å². The molecule has 128 valence electrons. The Balaban J connectivity index is 1.57. The number of carbonyl (C=O) groups is 1. The largest absolute Gasteiger partial charge is 0.454 e. The van der Waals surface area contributed by atoms with Crippen LogP contribution in [0.5, 0.6) is 0 Å². The normalized spacial score (nSPS) is 13.2. The lowest BCUT2D eigenvalue weighted by molar-refractivity contribution is 0.0457. The summed E-state index contributed by atoms with van der Waals surface area (Å²) in [5, 5.41) is 0.608. The summed E-state index contributed by atoms with van der Waals surface area (Å²) in [4.78, 5) is 32.9. The van der Waals surface area contributed by atoms with Crippen LogP contribution >= 0.6 is 11.3 Å². The van der Waals surface area contributed by atoms with Crippen molar-refractivity contribution >= 4 is 27.5 Å². The summed E-state index contributed by atoms with van der Waals surface area (Å²) in [5.41, 5.74) is 0.425. The number of fused-ring (bicyclic) bond motifs is 3. The molecule has 0 saturated heterocycles. The Bertz CT molecular complexity index is 1060. The van der Waals surface area contributed by atoms with Gasteiger partial charge in [0, 0.05) is 10.9 Å². The second-order valence-electron chi connectivity index (χ2n) is 5.75. The zero-order valence-electron chi connectivity index (χ0n) is 12.9. The Morgan fingerprint density at radius 2 is 2.16 bits per heavy atom. The van der Waals surface area contributed by atoms with E-state index in [2.05, 4.69) is 9.97 Å². The molecule has 2 aromatic heterocycles. The Hall–Kier alpha value is -2.61. The average Bonchev–Trinajstić information content (AvgIpc) is 3.13. The highest BCUT2D eigenvalue weighted by molar-refractivity contribution is 7.18. The van der Waals surface area contributed by atoms with Crippen molar-refractivity contribution in [2.24, 2.45) is 0 Å². The molecule has 1 aliphatic rings. The number of nitrogens with one attached hydrogen (secondary N) is 1. The van der Waals surface area contributed by atoms with E-state index in [1.807, 2.05) is 0 Å². The highest BCUT2D eigenvalue weighted by atomic mass is 32.1. The van der Waals surface area contributed by atoms with E-state index in [0.29, 0.717) is 16.3 Å². The fourth-order valence-electron chi connectivity index (χ4n) is 2.98. The van der Waals surface area contributed by atoms with Crippen LogP contribution in [0.2, 0.25) is 0 Å². The summed E-state index contributed by atoms with van der Waals surface area (Å²) in [5.74, 6) is -2.55. The van der Waals surface area contributed by atoms with Crippen molar-refractivity contribution in [3.05, 3.63) is 62.0 Å². The van der Waals surface area contributed by atoms with Crippen LogP contribution in [0.3, 0.4) is 0 Å². The zero-order chi connectivity index (χ0) is 17.6. The quantitative estimate of drug-likeness (QED) is 0.727. The molecule has 0 saturated carbocycles. The smallest absolute Gasteiger partial charge is 0.341 e. The van der Waals surface area contributed by atoms with Crippen LogP contribution in [-0.2, 0) is 24.2 Å². The third kappa shape index (κ3) is 2.82. The SMILES string of the molecule is O=C(OCc1nc2sc3c(c2c(=O)[nH]1)CCC3)c1ccc(F)cc1F. The van der Waals surface area contributed by atoms with Gasteiger partial charge in [0.1, 0.15) is 28.9 Å². The maximum absolute atomic E-state index is 13.6. The van der Waals surface area contributed by atoms with Crippen molar-refractivity contribution in [2.45, 2.75) is 25.9 Å². The van der Waals surface area contributed by atoms with Gasteiger partial charge in [-0.1, -0.05) is 0 Å². The number of hydrogen-bond donors (Lipinski definition) is 1. The summed E-state index contributed by atoms with van der Waals surface area (Å²) in [6.45, 7) is -0.302. The third-order valence-corrected chi connectivity index (χ3v) is 5.30. The number of hydrogen-bond acceptors (Lipinski definition) is 5. The van der Waals surface area contributed by atoms with Gasteiger partial charge in [-0.15, -0.1) is 11.3 Å². The van der Waals surface area contributed by atoms with E-state index in [-0.39, 0.29) is 23.6 Å². The molecule has 0 bridgehead atoms. The van der Waals surface area contributed by atoms with Crippen molar-refractivity contribution in [1.82, 2.24) is 9.97 Å². The van der Waals surface area contributed by atoms with E-state index in [9.17, 15) is 18.4 Å². The molecule has 1 aliphatic carbocycles. The Kier molecular flexibility index (Phi) is 3.84. The molecule has 25 heavy (non-hydrogen) atoms. The molecule has 8 heteroatoms. The van der Waals surface area contributed by atoms with Crippen molar-refractivity contribution < 1.29 is 18.3 Å². The number of esters is 1. The monoisotopic (exact) mass is 362 g/mol. The van der Waals surface area contributed by atoms with Crippen molar-refractivity contribution in [3.63, 3.8) is 0 Å². The van der Waals surface area contributed by atoms with Crippen LogP contribution in [0, 0.1) is 11.6 Å². The summed E-state index contributed by atoms with van der Waals surface area (Å²) in [6.07, 6.45) is 2.86. The molecule has 0 spiro atoms. The second kappa shape index (κ2) is 6.03. The van der Waals surface area contributed by atoms with Crippen LogP contribution in [0.1, 0.15) is 33.0 Å². The first-order valence-corrected chi connectivity index (χ1v) is 8.50. The predicted octanol–water partition coefficient (Wildman–Crippen LogP) is 3.11. The summed E-state index contributed by atoms with van der Waals surface area (Å²) in [7, 11) is 0. The van der Waals surface area contributed by atoms with E-state index in [0.717, 1.165) is 37.0 Å². The molecule has 4 rings (SSSR count). The zero-order valence-corrected chi connectivity index (χ0v) is 13.7. The van der Waals surface area contributed by atoms with E-state index in [4.69, 9.17) is 4.74 Å². The fourth-order valence-corrected chi connectivity index (χ4v) is 4.26. The maximum atomic E-state index is 13.6. The second-order valence-corrected chi connectivity index (χ2v) is 6.83. The summed E-state index contributed by atoms with van der Waals surface area (Å²) in [6, 6.07) is 2.59. The van der Waals surface area contributed by atoms with Gasteiger partial charge >= 0.3 is 5.97 Å². The van der Waals surface area contributed by atoms with Crippen molar-refractivity contribution in [3.8, 4) is 0 Å². The number of nitrogens with zero attached hydrogens (tertiary/aromatic N) is 1. The minimum atomic E-state index is -1.00. The lowest BCUT2D eigenvalue weighted by atomic mass is 10.2. The van der Waals surface area contributed by atoms with Crippen LogP contribution in [0.4, 0.5) is 8.78 Å². The summed E-state index contributed by atoms with van der Waals surface area (Å²) < 4.78 is 31.4. The number of carbonyl (C=O) groups excluding carboxylic acids is 1. The third-order valence-electron chi connectivity index (χ3n) is 4.12. The number of aromatic nitrogens is 2. The molecule has 0 atom stereocenters. The Morgan fingerprint density at radius 3 is 2.96 bits per heavy atom. The Labute approximate surface area is 144 Å². The lowest BCUT2D eigenvalue weighted by Crippen LogP contribution is -2.15. The number of benzene rings is 1. The van der Waals surface area contributed by atoms with Gasteiger partial charge in [-0.2, -0.15) is 0 Å². The number of ether oxygens (including phenoxy) is 1. The fraction of sp³-hybridized carbons (Fsp3) is 0.235. The van der Waals surface area contributed by atoms with Crippen LogP contribution in [-0.4, -0.2) is 15.9 Å². The average molecular weight is 362 g/mol. The predicted molar refractivity (Wildman–Crippen MR) is 87.7 cm³/mol. The molecular weight excluding hydrogens is 350 g/mol. The van der Waals surface area contributed by atoms with Gasteiger partial charge in [0.2, 0.25) is 0 Å². The number of aryl methyl sites for hydroxylation is 2. The molecular formula is C17H12F2N2O3S. The molecule has 1 N–H and O–H groups in total. The standard InChI is InChI=1S/C17H12F2N2O3S/c18-8-4-5-9(11(19)6-8)17(23)24-7-13-20-15(22)14-10-2-1-3-12(10)25-16(14)21-13/h4-6H,1-3,7H2,(H,20,21,22). The highest BCUT2D eigenvalue weighted by Crippen LogP contribution is 2.34. The van der Waals surface area contributed by atoms with E-state index in [1.165, 1.54) is 16.2 Å². The minimum absolute atomic E-state index is 0.188. The number of aromatic amines is 1. The lowest BCUT2D eigenvalue weighted by Gasteiger charge is -2.05. The van der Waals surface area contributed by atoms with Crippen LogP contribution in [0.15, 0.2) is 23.0 Å². The van der Waals surface area contributed by atoms with Gasteiger partial charge in [-0.05, 0) is 37.0 Å². The molecule has 0 radical (unpaired) electrons. The van der Waals surface area contributed by atoms with Gasteiger partial charge < -0.3 is 9.72 Å². The van der Waals surface area contributed by atoms with E-state index >= 15 is 0 Å². The first-order chi connectivity index (χ1) is 12.0.